The topological polar surface area (TPSA) is 6.48 Å². The molecule has 1 rings (SSSR count). The van der Waals surface area contributed by atoms with Crippen molar-refractivity contribution in [1.29, 1.82) is 0 Å². The summed E-state index contributed by atoms with van der Waals surface area (Å²) in [5.41, 5.74) is 0. The molecule has 66 valence electrons. The Balaban J connectivity index is 2.39. The van der Waals surface area contributed by atoms with E-state index in [1.54, 1.807) is 0 Å². The first-order chi connectivity index (χ1) is 5.00. The van der Waals surface area contributed by atoms with Gasteiger partial charge in [0, 0.05) is 26.2 Å². The van der Waals surface area contributed by atoms with Crippen molar-refractivity contribution in [3.8, 4) is 0 Å². The van der Waals surface area contributed by atoms with Crippen LogP contribution in [0.2, 0.25) is 0 Å². The van der Waals surface area contributed by atoms with E-state index in [9.17, 15) is 0 Å². The average molecular weight is 218 g/mol. The van der Waals surface area contributed by atoms with Crippen molar-refractivity contribution in [2.75, 3.05) is 33.2 Å². The average Bonchev–Trinajstić information content (AvgIpc) is 1.86. The van der Waals surface area contributed by atoms with Gasteiger partial charge in [-0.25, -0.2) is 0 Å². The minimum Gasteiger partial charge on any atom is -0.304 e. The first-order valence-electron chi connectivity index (χ1n) is 3.50. The number of hydrogen-bond donors (Lipinski definition) is 0. The lowest BCUT2D eigenvalue weighted by Gasteiger charge is -2.36. The summed E-state index contributed by atoms with van der Waals surface area (Å²) in [6, 6.07) is 0. The van der Waals surface area contributed by atoms with Gasteiger partial charge in [0.05, 0.1) is 0 Å². The van der Waals surface area contributed by atoms with Crippen LogP contribution in [0.1, 0.15) is 0 Å². The lowest BCUT2D eigenvalue weighted by molar-refractivity contribution is 0.152. The van der Waals surface area contributed by atoms with Crippen molar-refractivity contribution >= 4 is 34.8 Å². The van der Waals surface area contributed by atoms with E-state index in [1.165, 1.54) is 0 Å². The second-order valence-corrected chi connectivity index (χ2v) is 4.98. The molecule has 0 aliphatic carbocycles. The van der Waals surface area contributed by atoms with Gasteiger partial charge >= 0.3 is 0 Å². The third-order valence-corrected chi connectivity index (χ3v) is 2.58. The van der Waals surface area contributed by atoms with E-state index in [4.69, 9.17) is 34.8 Å². The molecule has 5 heteroatoms. The molecule has 0 spiro atoms. The summed E-state index contributed by atoms with van der Waals surface area (Å²) >= 11 is 17.1. The molecule has 1 saturated heterocycles. The summed E-state index contributed by atoms with van der Waals surface area (Å²) in [4.78, 5) is 4.06. The van der Waals surface area contributed by atoms with Crippen LogP contribution in [-0.2, 0) is 0 Å². The Kier molecular flexibility index (Phi) is 3.29. The first kappa shape index (κ1) is 9.87. The van der Waals surface area contributed by atoms with E-state index in [0.29, 0.717) is 0 Å². The van der Waals surface area contributed by atoms with E-state index < -0.39 is 3.92 Å². The van der Waals surface area contributed by atoms with Gasteiger partial charge in [-0.3, -0.25) is 4.90 Å². The molecular weight excluding hydrogens is 206 g/mol. The predicted molar refractivity (Wildman–Crippen MR) is 49.4 cm³/mol. The van der Waals surface area contributed by atoms with E-state index in [-0.39, 0.29) is 0 Å². The largest absolute Gasteiger partial charge is 0.304 e. The van der Waals surface area contributed by atoms with Gasteiger partial charge in [-0.05, 0) is 7.05 Å². The number of hydrogen-bond acceptors (Lipinski definition) is 2. The Bertz CT molecular complexity index is 126. The van der Waals surface area contributed by atoms with Gasteiger partial charge < -0.3 is 4.90 Å². The first-order valence-corrected chi connectivity index (χ1v) is 4.64. The summed E-state index contributed by atoms with van der Waals surface area (Å²) in [5.74, 6) is 0. The lowest BCUT2D eigenvalue weighted by Crippen LogP contribution is -2.49. The maximum atomic E-state index is 5.70. The molecule has 0 unspecified atom stereocenters. The lowest BCUT2D eigenvalue weighted by atomic mass is 10.4. The quantitative estimate of drug-likeness (QED) is 0.449. The van der Waals surface area contributed by atoms with Crippen molar-refractivity contribution in [3.05, 3.63) is 0 Å². The van der Waals surface area contributed by atoms with Gasteiger partial charge in [0.15, 0.2) is 0 Å². The molecule has 0 saturated carbocycles. The maximum absolute atomic E-state index is 5.70. The van der Waals surface area contributed by atoms with Gasteiger partial charge in [0.1, 0.15) is 0 Å². The monoisotopic (exact) mass is 216 g/mol. The number of piperazine rings is 1. The van der Waals surface area contributed by atoms with Crippen LogP contribution in [-0.4, -0.2) is 46.9 Å². The van der Waals surface area contributed by atoms with Crippen LogP contribution in [0.5, 0.6) is 0 Å². The molecule has 0 radical (unpaired) electrons. The van der Waals surface area contributed by atoms with E-state index >= 15 is 0 Å². The zero-order valence-electron chi connectivity index (χ0n) is 6.36. The Labute approximate surface area is 82.0 Å². The Hall–Kier alpha value is 0.790. The predicted octanol–water partition coefficient (Wildman–Crippen LogP) is 1.56. The Morgan fingerprint density at radius 3 is 1.82 bits per heavy atom. The third-order valence-electron chi connectivity index (χ3n) is 1.86. The van der Waals surface area contributed by atoms with Gasteiger partial charge in [-0.2, -0.15) is 0 Å². The van der Waals surface area contributed by atoms with Gasteiger partial charge in [0.2, 0.25) is 3.92 Å². The van der Waals surface area contributed by atoms with E-state index in [2.05, 4.69) is 11.9 Å². The number of alkyl halides is 3. The number of rotatable bonds is 0. The minimum atomic E-state index is -1.22. The van der Waals surface area contributed by atoms with Crippen LogP contribution >= 0.6 is 34.8 Å². The normalized spacial score (nSPS) is 24.0. The molecular formula is C6H11Cl3N2. The summed E-state index contributed by atoms with van der Waals surface area (Å²) in [7, 11) is 2.07. The summed E-state index contributed by atoms with van der Waals surface area (Å²) in [6.45, 7) is 3.59. The van der Waals surface area contributed by atoms with Crippen molar-refractivity contribution < 1.29 is 0 Å². The fourth-order valence-corrected chi connectivity index (χ4v) is 1.57. The van der Waals surface area contributed by atoms with Crippen LogP contribution in [0.3, 0.4) is 0 Å². The SMILES string of the molecule is CN1CCN(C(Cl)(Cl)Cl)CC1. The van der Waals surface area contributed by atoms with Crippen LogP contribution in [0.25, 0.3) is 0 Å². The highest BCUT2D eigenvalue weighted by Crippen LogP contribution is 2.31. The molecule has 1 aliphatic heterocycles. The highest BCUT2D eigenvalue weighted by Gasteiger charge is 2.31. The molecule has 1 fully saturated rings. The molecule has 0 bridgehead atoms. The molecule has 0 aromatic rings. The third kappa shape index (κ3) is 2.96. The number of nitrogens with zero attached hydrogens (tertiary/aromatic N) is 2. The molecule has 0 aromatic heterocycles. The standard InChI is InChI=1S/C6H11Cl3N2/c1-10-2-4-11(5-3-10)6(7,8)9/h2-5H2,1H3. The molecule has 0 atom stereocenters. The second kappa shape index (κ2) is 3.67. The van der Waals surface area contributed by atoms with Crippen LogP contribution in [0, 0.1) is 0 Å². The minimum absolute atomic E-state index is 0.826. The van der Waals surface area contributed by atoms with Crippen molar-refractivity contribution in [3.63, 3.8) is 0 Å². The molecule has 1 heterocycles. The molecule has 2 nitrogen and oxygen atoms in total. The number of halogens is 3. The zero-order chi connectivity index (χ0) is 8.48. The Morgan fingerprint density at radius 2 is 1.45 bits per heavy atom. The second-order valence-electron chi connectivity index (χ2n) is 2.76. The molecule has 0 amide bonds. The highest BCUT2D eigenvalue weighted by molar-refractivity contribution is 6.67. The van der Waals surface area contributed by atoms with Gasteiger partial charge in [0.25, 0.3) is 0 Å². The smallest absolute Gasteiger partial charge is 0.247 e. The Morgan fingerprint density at radius 1 is 1.00 bits per heavy atom. The van der Waals surface area contributed by atoms with E-state index in [0.717, 1.165) is 26.2 Å². The molecule has 0 aromatic carbocycles. The number of likely N-dealkylation sites (N-methyl/N-ethyl adjacent to an activating group) is 1. The van der Waals surface area contributed by atoms with Crippen molar-refractivity contribution in [2.45, 2.75) is 3.92 Å². The summed E-state index contributed by atoms with van der Waals surface area (Å²) in [5, 5.41) is 0. The van der Waals surface area contributed by atoms with Crippen LogP contribution in [0.4, 0.5) is 0 Å². The van der Waals surface area contributed by atoms with Gasteiger partial charge in [-0.1, -0.05) is 34.8 Å². The summed E-state index contributed by atoms with van der Waals surface area (Å²) < 4.78 is -1.22. The van der Waals surface area contributed by atoms with Gasteiger partial charge in [-0.15, -0.1) is 0 Å². The molecule has 1 aliphatic rings. The highest BCUT2D eigenvalue weighted by atomic mass is 35.6. The maximum Gasteiger partial charge on any atom is 0.247 e. The van der Waals surface area contributed by atoms with Crippen LogP contribution in [0.15, 0.2) is 0 Å². The fourth-order valence-electron chi connectivity index (χ4n) is 1.06. The van der Waals surface area contributed by atoms with Crippen molar-refractivity contribution in [1.82, 2.24) is 9.80 Å². The summed E-state index contributed by atoms with van der Waals surface area (Å²) in [6.07, 6.45) is 0. The van der Waals surface area contributed by atoms with E-state index in [1.807, 2.05) is 4.90 Å². The fraction of sp³-hybridized carbons (Fsp3) is 1.00. The van der Waals surface area contributed by atoms with Crippen LogP contribution < -0.4 is 0 Å². The molecule has 11 heavy (non-hydrogen) atoms. The molecule has 0 N–H and O–H groups in total. The van der Waals surface area contributed by atoms with Crippen molar-refractivity contribution in [2.24, 2.45) is 0 Å². The zero-order valence-corrected chi connectivity index (χ0v) is 8.62.